The van der Waals surface area contributed by atoms with Gasteiger partial charge in [0.05, 0.1) is 30.3 Å². The molecule has 0 saturated carbocycles. The fourth-order valence-electron chi connectivity index (χ4n) is 4.58. The number of guanidine groups is 1. The Morgan fingerprint density at radius 2 is 1.93 bits per heavy atom. The van der Waals surface area contributed by atoms with Crippen LogP contribution in [0.1, 0.15) is 5.56 Å². The molecule has 0 aliphatic carbocycles. The van der Waals surface area contributed by atoms with Gasteiger partial charge in [-0.3, -0.25) is 14.8 Å². The van der Waals surface area contributed by atoms with Gasteiger partial charge in [0, 0.05) is 59.4 Å². The van der Waals surface area contributed by atoms with Gasteiger partial charge < -0.3 is 15.0 Å². The van der Waals surface area contributed by atoms with E-state index in [2.05, 4.69) is 55.3 Å². The number of likely N-dealkylation sites (tertiary alicyclic amines) is 1. The van der Waals surface area contributed by atoms with Crippen LogP contribution in [0, 0.1) is 0 Å². The third-order valence-electron chi connectivity index (χ3n) is 6.30. The van der Waals surface area contributed by atoms with Gasteiger partial charge in [-0.25, -0.2) is 8.42 Å². The Balaban J connectivity index is 1.28. The van der Waals surface area contributed by atoms with Crippen LogP contribution in [0.15, 0.2) is 35.3 Å². The van der Waals surface area contributed by atoms with Crippen LogP contribution in [0.2, 0.25) is 0 Å². The first-order valence-corrected chi connectivity index (χ1v) is 12.6. The number of hydrogen-bond donors (Lipinski definition) is 1. The van der Waals surface area contributed by atoms with Crippen LogP contribution in [0.25, 0.3) is 0 Å². The van der Waals surface area contributed by atoms with Crippen molar-refractivity contribution in [3.05, 3.63) is 35.9 Å². The van der Waals surface area contributed by atoms with Gasteiger partial charge in [-0.2, -0.15) is 0 Å². The van der Waals surface area contributed by atoms with Crippen molar-refractivity contribution in [2.45, 2.75) is 18.7 Å². The molecule has 166 valence electrons. The molecule has 1 N–H and O–H groups in total. The number of nitrogens with one attached hydrogen (secondary N) is 1. The van der Waals surface area contributed by atoms with E-state index in [9.17, 15) is 8.42 Å². The highest BCUT2D eigenvalue weighted by Crippen LogP contribution is 2.24. The number of benzene rings is 1. The van der Waals surface area contributed by atoms with Crippen LogP contribution < -0.4 is 5.32 Å². The lowest BCUT2D eigenvalue weighted by Gasteiger charge is -2.36. The number of fused-ring (bicyclic) bond motifs is 1. The van der Waals surface area contributed by atoms with Crippen LogP contribution in [0.4, 0.5) is 0 Å². The Bertz CT molecular complexity index is 818. The molecule has 1 aromatic rings. The highest BCUT2D eigenvalue weighted by Gasteiger charge is 2.41. The summed E-state index contributed by atoms with van der Waals surface area (Å²) in [7, 11) is -1.01. The predicted molar refractivity (Wildman–Crippen MR) is 118 cm³/mol. The van der Waals surface area contributed by atoms with Crippen LogP contribution in [0.3, 0.4) is 0 Å². The zero-order chi connectivity index (χ0) is 21.0. The Hall–Kier alpha value is -1.68. The van der Waals surface area contributed by atoms with Crippen molar-refractivity contribution in [1.82, 2.24) is 20.0 Å². The zero-order valence-electron chi connectivity index (χ0n) is 17.7. The summed E-state index contributed by atoms with van der Waals surface area (Å²) in [6, 6.07) is 11.0. The smallest absolute Gasteiger partial charge is 0.193 e. The predicted octanol–water partition coefficient (Wildman–Crippen LogP) is -0.123. The normalized spacial score (nSPS) is 27.8. The quantitative estimate of drug-likeness (QED) is 0.510. The second-order valence-electron chi connectivity index (χ2n) is 8.31. The SMILES string of the molecule is CN=C(NCCN1CCS(=O)(=O)CC1)N1CC2OCCN(Cc3ccccc3)C2C1. The minimum absolute atomic E-state index is 0.202. The minimum Gasteiger partial charge on any atom is -0.373 e. The third kappa shape index (κ3) is 5.32. The fraction of sp³-hybridized carbons (Fsp3) is 0.667. The maximum atomic E-state index is 11.6. The van der Waals surface area contributed by atoms with E-state index in [4.69, 9.17) is 4.74 Å². The minimum atomic E-state index is -2.83. The third-order valence-corrected chi connectivity index (χ3v) is 7.91. The number of sulfone groups is 1. The molecule has 0 amide bonds. The molecule has 2 unspecified atom stereocenters. The molecule has 0 radical (unpaired) electrons. The second-order valence-corrected chi connectivity index (χ2v) is 10.6. The number of ether oxygens (including phenoxy) is 1. The first-order chi connectivity index (χ1) is 14.5. The van der Waals surface area contributed by atoms with E-state index in [1.165, 1.54) is 5.56 Å². The molecule has 3 aliphatic heterocycles. The van der Waals surface area contributed by atoms with E-state index in [-0.39, 0.29) is 17.6 Å². The first kappa shape index (κ1) is 21.5. The molecule has 1 aromatic carbocycles. The molecule has 9 heteroatoms. The Morgan fingerprint density at radius 1 is 1.17 bits per heavy atom. The number of rotatable bonds is 5. The van der Waals surface area contributed by atoms with Crippen molar-refractivity contribution in [1.29, 1.82) is 0 Å². The van der Waals surface area contributed by atoms with Gasteiger partial charge in [-0.15, -0.1) is 0 Å². The average Bonchev–Trinajstić information content (AvgIpc) is 3.18. The van der Waals surface area contributed by atoms with Gasteiger partial charge in [0.2, 0.25) is 0 Å². The van der Waals surface area contributed by atoms with E-state index in [1.807, 2.05) is 7.05 Å². The van der Waals surface area contributed by atoms with E-state index < -0.39 is 9.84 Å². The van der Waals surface area contributed by atoms with E-state index >= 15 is 0 Å². The standard InChI is InChI=1S/C21H33N5O3S/c1-22-21(23-7-8-24-10-13-30(27,28)14-11-24)26-16-19-20(17-26)29-12-9-25(19)15-18-5-3-2-4-6-18/h2-6,19-20H,7-17H2,1H3,(H,22,23). The maximum Gasteiger partial charge on any atom is 0.193 e. The summed E-state index contributed by atoms with van der Waals surface area (Å²) in [6.07, 6.45) is 0.202. The van der Waals surface area contributed by atoms with Crippen molar-refractivity contribution >= 4 is 15.8 Å². The molecule has 0 aromatic heterocycles. The molecule has 3 saturated heterocycles. The molecule has 0 bridgehead atoms. The fourth-order valence-corrected chi connectivity index (χ4v) is 5.85. The molecule has 2 atom stereocenters. The molecule has 0 spiro atoms. The van der Waals surface area contributed by atoms with Gasteiger partial charge in [0.15, 0.2) is 15.8 Å². The molecule has 30 heavy (non-hydrogen) atoms. The van der Waals surface area contributed by atoms with Crippen LogP contribution in [-0.4, -0.2) is 112 Å². The molecule has 3 fully saturated rings. The molecular weight excluding hydrogens is 402 g/mol. The van der Waals surface area contributed by atoms with Crippen molar-refractivity contribution in [2.24, 2.45) is 4.99 Å². The number of morpholine rings is 1. The summed E-state index contributed by atoms with van der Waals surface area (Å²) in [4.78, 5) is 11.5. The lowest BCUT2D eigenvalue weighted by Crippen LogP contribution is -2.50. The lowest BCUT2D eigenvalue weighted by molar-refractivity contribution is -0.0502. The van der Waals surface area contributed by atoms with Crippen LogP contribution in [-0.2, 0) is 21.1 Å². The Morgan fingerprint density at radius 3 is 2.67 bits per heavy atom. The van der Waals surface area contributed by atoms with E-state index in [0.29, 0.717) is 19.1 Å². The van der Waals surface area contributed by atoms with Crippen LogP contribution in [0.5, 0.6) is 0 Å². The average molecular weight is 436 g/mol. The monoisotopic (exact) mass is 435 g/mol. The second kappa shape index (κ2) is 9.64. The van der Waals surface area contributed by atoms with Gasteiger partial charge in [-0.05, 0) is 5.56 Å². The lowest BCUT2D eigenvalue weighted by atomic mass is 10.1. The molecule has 3 heterocycles. The number of nitrogens with zero attached hydrogens (tertiary/aromatic N) is 4. The van der Waals surface area contributed by atoms with Gasteiger partial charge in [0.1, 0.15) is 0 Å². The number of hydrogen-bond acceptors (Lipinski definition) is 6. The van der Waals surface area contributed by atoms with Gasteiger partial charge in [0.25, 0.3) is 0 Å². The summed E-state index contributed by atoms with van der Waals surface area (Å²) in [5.41, 5.74) is 1.34. The summed E-state index contributed by atoms with van der Waals surface area (Å²) >= 11 is 0. The summed E-state index contributed by atoms with van der Waals surface area (Å²) in [5, 5.41) is 3.46. The first-order valence-electron chi connectivity index (χ1n) is 10.8. The van der Waals surface area contributed by atoms with Crippen molar-refractivity contribution in [3.8, 4) is 0 Å². The molecule has 3 aliphatic rings. The molecular formula is C21H33N5O3S. The molecule has 8 nitrogen and oxygen atoms in total. The topological polar surface area (TPSA) is 77.5 Å². The Kier molecular flexibility index (Phi) is 6.92. The summed E-state index contributed by atoms with van der Waals surface area (Å²) < 4.78 is 29.2. The Labute approximate surface area is 179 Å². The maximum absolute atomic E-state index is 11.6. The van der Waals surface area contributed by atoms with E-state index in [1.54, 1.807) is 0 Å². The zero-order valence-corrected chi connectivity index (χ0v) is 18.6. The van der Waals surface area contributed by atoms with E-state index in [0.717, 1.165) is 51.8 Å². The molecule has 4 rings (SSSR count). The summed E-state index contributed by atoms with van der Waals surface area (Å²) in [6.45, 7) is 7.25. The van der Waals surface area contributed by atoms with Gasteiger partial charge in [-0.1, -0.05) is 30.3 Å². The van der Waals surface area contributed by atoms with Crippen molar-refractivity contribution in [3.63, 3.8) is 0 Å². The van der Waals surface area contributed by atoms with Crippen molar-refractivity contribution < 1.29 is 13.2 Å². The van der Waals surface area contributed by atoms with Crippen molar-refractivity contribution in [2.75, 3.05) is 71.0 Å². The van der Waals surface area contributed by atoms with Gasteiger partial charge >= 0.3 is 0 Å². The summed E-state index contributed by atoms with van der Waals surface area (Å²) in [5.74, 6) is 1.44. The highest BCUT2D eigenvalue weighted by molar-refractivity contribution is 7.91. The highest BCUT2D eigenvalue weighted by atomic mass is 32.2. The number of aliphatic imine (C=N–C) groups is 1. The van der Waals surface area contributed by atoms with Crippen LogP contribution >= 0.6 is 0 Å². The largest absolute Gasteiger partial charge is 0.373 e.